The summed E-state index contributed by atoms with van der Waals surface area (Å²) in [6, 6.07) is 8.93. The summed E-state index contributed by atoms with van der Waals surface area (Å²) in [7, 11) is 1.34. The van der Waals surface area contributed by atoms with E-state index in [2.05, 4.69) is 9.72 Å². The summed E-state index contributed by atoms with van der Waals surface area (Å²) in [6.07, 6.45) is 0.213. The van der Waals surface area contributed by atoms with E-state index >= 15 is 0 Å². The molecule has 9 heteroatoms. The molecule has 3 aromatic rings. The summed E-state index contributed by atoms with van der Waals surface area (Å²) in [4.78, 5) is 42.2. The maximum Gasteiger partial charge on any atom is 0.339 e. The molecule has 3 rings (SSSR count). The highest BCUT2D eigenvalue weighted by Gasteiger charge is 2.20. The largest absolute Gasteiger partial charge is 0.469 e. The monoisotopic (exact) mass is 486 g/mol. The van der Waals surface area contributed by atoms with E-state index in [4.69, 9.17) is 4.74 Å². The van der Waals surface area contributed by atoms with Crippen molar-refractivity contribution >= 4 is 40.8 Å². The highest BCUT2D eigenvalue weighted by molar-refractivity contribution is 7.98. The third-order valence-electron chi connectivity index (χ3n) is 5.12. The summed E-state index contributed by atoms with van der Waals surface area (Å²) in [5.41, 5.74) is 3.44. The number of nitrogens with zero attached hydrogens (tertiary/aromatic N) is 2. The highest BCUT2D eigenvalue weighted by Crippen LogP contribution is 2.27. The molecule has 0 N–H and O–H groups in total. The SMILES string of the molecule is COC(=O)CCn1c(C)cc(C(=O)COC(=O)c2ccccc2SCc2csc(C)n2)c1C. The lowest BCUT2D eigenvalue weighted by atomic mass is 10.1. The van der Waals surface area contributed by atoms with Crippen LogP contribution in [0.4, 0.5) is 0 Å². The van der Waals surface area contributed by atoms with Crippen LogP contribution in [0.5, 0.6) is 0 Å². The van der Waals surface area contributed by atoms with Crippen LogP contribution in [0.15, 0.2) is 40.6 Å². The van der Waals surface area contributed by atoms with Gasteiger partial charge in [-0.1, -0.05) is 12.1 Å². The molecule has 0 saturated heterocycles. The number of rotatable bonds is 10. The van der Waals surface area contributed by atoms with Gasteiger partial charge in [0.25, 0.3) is 0 Å². The number of thiazole rings is 1. The van der Waals surface area contributed by atoms with Crippen LogP contribution >= 0.6 is 23.1 Å². The number of hydrogen-bond donors (Lipinski definition) is 0. The summed E-state index contributed by atoms with van der Waals surface area (Å²) in [5, 5.41) is 3.00. The van der Waals surface area contributed by atoms with E-state index in [-0.39, 0.29) is 24.8 Å². The Balaban J connectivity index is 1.63. The topological polar surface area (TPSA) is 87.5 Å². The van der Waals surface area contributed by atoms with Crippen LogP contribution in [-0.4, -0.2) is 41.0 Å². The standard InChI is InChI=1S/C24H26N2O5S2/c1-15-11-20(16(2)26(15)10-9-23(28)30-4)21(27)12-31-24(29)19-7-5-6-8-22(19)33-14-18-13-32-17(3)25-18/h5-8,11,13H,9-10,12,14H2,1-4H3. The minimum Gasteiger partial charge on any atom is -0.469 e. The van der Waals surface area contributed by atoms with Crippen molar-refractivity contribution in [1.29, 1.82) is 0 Å². The minimum atomic E-state index is -0.541. The molecule has 0 amide bonds. The highest BCUT2D eigenvalue weighted by atomic mass is 32.2. The third kappa shape index (κ3) is 6.33. The Morgan fingerprint density at radius 1 is 1.12 bits per heavy atom. The van der Waals surface area contributed by atoms with Crippen molar-refractivity contribution in [3.8, 4) is 0 Å². The first-order chi connectivity index (χ1) is 15.8. The zero-order valence-corrected chi connectivity index (χ0v) is 20.7. The van der Waals surface area contributed by atoms with Crippen molar-refractivity contribution < 1.29 is 23.9 Å². The van der Waals surface area contributed by atoms with Gasteiger partial charge in [-0.15, -0.1) is 23.1 Å². The van der Waals surface area contributed by atoms with Crippen LogP contribution in [0.3, 0.4) is 0 Å². The van der Waals surface area contributed by atoms with Gasteiger partial charge in [0.05, 0.1) is 29.8 Å². The quantitative estimate of drug-likeness (QED) is 0.232. The summed E-state index contributed by atoms with van der Waals surface area (Å²) >= 11 is 3.10. The lowest BCUT2D eigenvalue weighted by molar-refractivity contribution is -0.140. The molecule has 2 heterocycles. The predicted molar refractivity (Wildman–Crippen MR) is 128 cm³/mol. The summed E-state index contributed by atoms with van der Waals surface area (Å²) in [5.74, 6) is -0.500. The van der Waals surface area contributed by atoms with Crippen LogP contribution in [0.2, 0.25) is 0 Å². The molecule has 0 aliphatic heterocycles. The number of ether oxygens (including phenoxy) is 2. The molecule has 0 radical (unpaired) electrons. The van der Waals surface area contributed by atoms with Crippen molar-refractivity contribution in [3.05, 3.63) is 68.9 Å². The number of Topliss-reactive ketones (excluding diaryl/α,β-unsaturated/α-hetero) is 1. The number of methoxy groups -OCH3 is 1. The van der Waals surface area contributed by atoms with Crippen LogP contribution < -0.4 is 0 Å². The van der Waals surface area contributed by atoms with E-state index in [1.54, 1.807) is 29.5 Å². The van der Waals surface area contributed by atoms with E-state index in [1.165, 1.54) is 18.9 Å². The Morgan fingerprint density at radius 3 is 2.58 bits per heavy atom. The lowest BCUT2D eigenvalue weighted by Gasteiger charge is -2.10. The second-order valence-corrected chi connectivity index (χ2v) is 9.48. The van der Waals surface area contributed by atoms with E-state index in [0.717, 1.165) is 27.0 Å². The molecule has 7 nitrogen and oxygen atoms in total. The smallest absolute Gasteiger partial charge is 0.339 e. The molecular weight excluding hydrogens is 460 g/mol. The van der Waals surface area contributed by atoms with Gasteiger partial charge in [0.1, 0.15) is 0 Å². The van der Waals surface area contributed by atoms with E-state index in [1.807, 2.05) is 42.9 Å². The van der Waals surface area contributed by atoms with Gasteiger partial charge < -0.3 is 14.0 Å². The number of esters is 2. The minimum absolute atomic E-state index is 0.213. The third-order valence-corrected chi connectivity index (χ3v) is 7.05. The fourth-order valence-electron chi connectivity index (χ4n) is 3.41. The van der Waals surface area contributed by atoms with Gasteiger partial charge in [-0.2, -0.15) is 0 Å². The number of hydrogen-bond acceptors (Lipinski definition) is 8. The number of carbonyl (C=O) groups is 3. The number of benzene rings is 1. The van der Waals surface area contributed by atoms with Crippen molar-refractivity contribution in [3.63, 3.8) is 0 Å². The zero-order valence-electron chi connectivity index (χ0n) is 19.0. The average molecular weight is 487 g/mol. The van der Waals surface area contributed by atoms with E-state index in [9.17, 15) is 14.4 Å². The molecule has 0 fully saturated rings. The van der Waals surface area contributed by atoms with Crippen molar-refractivity contribution in [1.82, 2.24) is 9.55 Å². The van der Waals surface area contributed by atoms with Crippen LogP contribution in [-0.2, 0) is 26.6 Å². The fraction of sp³-hybridized carbons (Fsp3) is 0.333. The van der Waals surface area contributed by atoms with E-state index in [0.29, 0.717) is 23.4 Å². The summed E-state index contributed by atoms with van der Waals surface area (Å²) < 4.78 is 11.9. The average Bonchev–Trinajstić information content (AvgIpc) is 3.36. The van der Waals surface area contributed by atoms with Gasteiger partial charge in [-0.3, -0.25) is 9.59 Å². The van der Waals surface area contributed by atoms with Crippen molar-refractivity contribution in [2.24, 2.45) is 0 Å². The molecule has 174 valence electrons. The van der Waals surface area contributed by atoms with Gasteiger partial charge >= 0.3 is 11.9 Å². The Morgan fingerprint density at radius 2 is 1.88 bits per heavy atom. The molecular formula is C24H26N2O5S2. The van der Waals surface area contributed by atoms with Crippen molar-refractivity contribution in [2.75, 3.05) is 13.7 Å². The number of carbonyl (C=O) groups excluding carboxylic acids is 3. The van der Waals surface area contributed by atoms with Crippen LogP contribution in [0, 0.1) is 20.8 Å². The Kier molecular flexibility index (Phi) is 8.46. The maximum absolute atomic E-state index is 12.8. The van der Waals surface area contributed by atoms with E-state index < -0.39 is 5.97 Å². The van der Waals surface area contributed by atoms with Gasteiger partial charge in [-0.05, 0) is 39.0 Å². The van der Waals surface area contributed by atoms with Gasteiger partial charge in [0.2, 0.25) is 5.78 Å². The Bertz CT molecular complexity index is 1170. The Hall–Kier alpha value is -2.91. The first kappa shape index (κ1) is 24.7. The second-order valence-electron chi connectivity index (χ2n) is 7.40. The molecule has 0 spiro atoms. The van der Waals surface area contributed by atoms with Crippen LogP contribution in [0.1, 0.15) is 49.2 Å². The normalized spacial score (nSPS) is 10.8. The van der Waals surface area contributed by atoms with Crippen LogP contribution in [0.25, 0.3) is 0 Å². The number of ketones is 1. The zero-order chi connectivity index (χ0) is 24.0. The fourth-order valence-corrected chi connectivity index (χ4v) is 5.06. The maximum atomic E-state index is 12.8. The Labute approximate surface area is 201 Å². The molecule has 1 aromatic carbocycles. The lowest BCUT2D eigenvalue weighted by Crippen LogP contribution is -2.16. The molecule has 0 aliphatic carbocycles. The first-order valence-corrected chi connectivity index (χ1v) is 12.2. The molecule has 2 aromatic heterocycles. The number of aryl methyl sites for hydroxylation is 2. The molecule has 0 unspecified atom stereocenters. The molecule has 0 atom stereocenters. The van der Waals surface area contributed by atoms with Crippen molar-refractivity contribution in [2.45, 2.75) is 44.4 Å². The second kappa shape index (κ2) is 11.3. The predicted octanol–water partition coefficient (Wildman–Crippen LogP) is 4.76. The number of thioether (sulfide) groups is 1. The molecule has 0 bridgehead atoms. The van der Waals surface area contributed by atoms with Gasteiger partial charge in [0, 0.05) is 39.5 Å². The summed E-state index contributed by atoms with van der Waals surface area (Å²) in [6.45, 7) is 5.69. The molecule has 33 heavy (non-hydrogen) atoms. The molecule has 0 saturated carbocycles. The van der Waals surface area contributed by atoms with Gasteiger partial charge in [-0.25, -0.2) is 9.78 Å². The first-order valence-electron chi connectivity index (χ1n) is 10.4. The van der Waals surface area contributed by atoms with Gasteiger partial charge in [0.15, 0.2) is 6.61 Å². The number of aromatic nitrogens is 2. The molecule has 0 aliphatic rings.